The molecule has 0 saturated carbocycles. The highest BCUT2D eigenvalue weighted by Crippen LogP contribution is 2.18. The molecule has 0 unspecified atom stereocenters. The van der Waals surface area contributed by atoms with Crippen LogP contribution in [0.15, 0.2) is 22.9 Å². The summed E-state index contributed by atoms with van der Waals surface area (Å²) in [6.45, 7) is 3.86. The number of thiazole rings is 1. The van der Waals surface area contributed by atoms with Gasteiger partial charge in [0.25, 0.3) is 5.91 Å². The van der Waals surface area contributed by atoms with E-state index in [1.165, 1.54) is 22.7 Å². The van der Waals surface area contributed by atoms with Gasteiger partial charge in [-0.3, -0.25) is 14.9 Å². The van der Waals surface area contributed by atoms with Gasteiger partial charge in [-0.05, 0) is 24.8 Å². The lowest BCUT2D eigenvalue weighted by Crippen LogP contribution is -2.27. The van der Waals surface area contributed by atoms with Gasteiger partial charge in [-0.15, -0.1) is 22.7 Å². The Morgan fingerprint density at radius 1 is 1.35 bits per heavy atom. The maximum absolute atomic E-state index is 11.9. The number of nitrogens with one attached hydrogen (secondary N) is 2. The molecule has 2 N–H and O–H groups in total. The monoisotopic (exact) mass is 353 g/mol. The van der Waals surface area contributed by atoms with Gasteiger partial charge in [0.2, 0.25) is 5.91 Å². The second-order valence-corrected chi connectivity index (χ2v) is 6.46. The zero-order valence-corrected chi connectivity index (χ0v) is 14.5. The topological polar surface area (TPSA) is 80.3 Å². The summed E-state index contributed by atoms with van der Waals surface area (Å²) in [4.78, 5) is 28.6. The van der Waals surface area contributed by atoms with E-state index in [2.05, 4.69) is 15.6 Å². The van der Waals surface area contributed by atoms with Gasteiger partial charge in [0.15, 0.2) is 5.13 Å². The summed E-state index contributed by atoms with van der Waals surface area (Å²) in [5.74, 6) is -0.260. The highest BCUT2D eigenvalue weighted by atomic mass is 32.1. The minimum atomic E-state index is -0.179. The summed E-state index contributed by atoms with van der Waals surface area (Å²) in [5.41, 5.74) is 0.652. The van der Waals surface area contributed by atoms with Crippen LogP contribution < -0.4 is 10.6 Å². The van der Waals surface area contributed by atoms with Crippen molar-refractivity contribution >= 4 is 39.6 Å². The number of carbonyl (C=O) groups is 2. The third-order valence-corrected chi connectivity index (χ3v) is 4.53. The van der Waals surface area contributed by atoms with Crippen LogP contribution in [0.5, 0.6) is 0 Å². The second kappa shape index (κ2) is 9.39. The van der Waals surface area contributed by atoms with Crippen molar-refractivity contribution in [2.45, 2.75) is 19.8 Å². The van der Waals surface area contributed by atoms with Crippen molar-refractivity contribution in [2.24, 2.45) is 0 Å². The standard InChI is InChI=1S/C15H19N3O3S2/c1-2-21-7-4-6-16-13(19)9-11-10-23-15(17-11)18-14(20)12-5-3-8-22-12/h3,5,8,10H,2,4,6-7,9H2,1H3,(H,16,19)(H,17,18,20). The van der Waals surface area contributed by atoms with Gasteiger partial charge in [-0.25, -0.2) is 4.98 Å². The molecule has 8 heteroatoms. The molecule has 0 saturated heterocycles. The zero-order valence-electron chi connectivity index (χ0n) is 12.8. The Hall–Kier alpha value is -1.77. The molecule has 0 aliphatic rings. The fraction of sp³-hybridized carbons (Fsp3) is 0.400. The SMILES string of the molecule is CCOCCCNC(=O)Cc1csc(NC(=O)c2cccs2)n1. The number of rotatable bonds is 9. The first-order valence-corrected chi connectivity index (χ1v) is 9.08. The Kier molecular flexibility index (Phi) is 7.18. The van der Waals surface area contributed by atoms with E-state index in [0.29, 0.717) is 35.5 Å². The van der Waals surface area contributed by atoms with Crippen LogP contribution in [-0.2, 0) is 16.0 Å². The Labute approximate surface area is 142 Å². The molecule has 2 aromatic rings. The van der Waals surface area contributed by atoms with E-state index in [4.69, 9.17) is 4.74 Å². The molecule has 0 radical (unpaired) electrons. The molecule has 0 spiro atoms. The third-order valence-electron chi connectivity index (χ3n) is 2.85. The molecule has 0 aromatic carbocycles. The number of hydrogen-bond donors (Lipinski definition) is 2. The fourth-order valence-electron chi connectivity index (χ4n) is 1.79. The highest BCUT2D eigenvalue weighted by Gasteiger charge is 2.11. The average Bonchev–Trinajstić information content (AvgIpc) is 3.19. The molecule has 0 atom stereocenters. The summed E-state index contributed by atoms with van der Waals surface area (Å²) >= 11 is 2.69. The van der Waals surface area contributed by atoms with Crippen molar-refractivity contribution in [1.82, 2.24) is 10.3 Å². The van der Waals surface area contributed by atoms with Crippen LogP contribution in [0.1, 0.15) is 28.7 Å². The van der Waals surface area contributed by atoms with E-state index in [9.17, 15) is 9.59 Å². The van der Waals surface area contributed by atoms with Gasteiger partial charge in [-0.2, -0.15) is 0 Å². The Morgan fingerprint density at radius 2 is 2.22 bits per heavy atom. The molecule has 124 valence electrons. The zero-order chi connectivity index (χ0) is 16.5. The van der Waals surface area contributed by atoms with Crippen molar-refractivity contribution in [2.75, 3.05) is 25.1 Å². The largest absolute Gasteiger partial charge is 0.382 e. The van der Waals surface area contributed by atoms with E-state index in [-0.39, 0.29) is 18.2 Å². The first-order chi connectivity index (χ1) is 11.2. The van der Waals surface area contributed by atoms with Crippen LogP contribution in [-0.4, -0.2) is 36.6 Å². The van der Waals surface area contributed by atoms with Crippen molar-refractivity contribution in [1.29, 1.82) is 0 Å². The van der Waals surface area contributed by atoms with Crippen LogP contribution in [0, 0.1) is 0 Å². The predicted molar refractivity (Wildman–Crippen MR) is 92.2 cm³/mol. The number of anilines is 1. The molecular formula is C15H19N3O3S2. The highest BCUT2D eigenvalue weighted by molar-refractivity contribution is 7.14. The molecule has 0 aliphatic heterocycles. The first-order valence-electron chi connectivity index (χ1n) is 7.32. The van der Waals surface area contributed by atoms with Gasteiger partial charge in [0.1, 0.15) is 0 Å². The third kappa shape index (κ3) is 6.09. The van der Waals surface area contributed by atoms with Crippen LogP contribution in [0.2, 0.25) is 0 Å². The van der Waals surface area contributed by atoms with Crippen LogP contribution in [0.4, 0.5) is 5.13 Å². The molecule has 2 heterocycles. The van der Waals surface area contributed by atoms with Crippen LogP contribution in [0.25, 0.3) is 0 Å². The maximum atomic E-state index is 11.9. The average molecular weight is 353 g/mol. The first kappa shape index (κ1) is 17.6. The van der Waals surface area contributed by atoms with Crippen LogP contribution >= 0.6 is 22.7 Å². The number of ether oxygens (including phenoxy) is 1. The molecule has 2 rings (SSSR count). The molecule has 0 aliphatic carbocycles. The van der Waals surface area contributed by atoms with E-state index < -0.39 is 0 Å². The minimum Gasteiger partial charge on any atom is -0.382 e. The van der Waals surface area contributed by atoms with E-state index in [1.807, 2.05) is 18.4 Å². The Bertz CT molecular complexity index is 626. The molecule has 0 fully saturated rings. The maximum Gasteiger partial charge on any atom is 0.267 e. The van der Waals surface area contributed by atoms with Gasteiger partial charge in [-0.1, -0.05) is 6.07 Å². The lowest BCUT2D eigenvalue weighted by molar-refractivity contribution is -0.120. The summed E-state index contributed by atoms with van der Waals surface area (Å²) in [7, 11) is 0. The summed E-state index contributed by atoms with van der Waals surface area (Å²) in [6.07, 6.45) is 0.999. The molecule has 23 heavy (non-hydrogen) atoms. The van der Waals surface area contributed by atoms with Crippen molar-refractivity contribution in [3.05, 3.63) is 33.5 Å². The van der Waals surface area contributed by atoms with E-state index in [1.54, 1.807) is 11.4 Å². The van der Waals surface area contributed by atoms with Gasteiger partial charge >= 0.3 is 0 Å². The van der Waals surface area contributed by atoms with Gasteiger partial charge in [0.05, 0.1) is 17.0 Å². The van der Waals surface area contributed by atoms with Crippen molar-refractivity contribution in [3.8, 4) is 0 Å². The van der Waals surface area contributed by atoms with Crippen LogP contribution in [0.3, 0.4) is 0 Å². The molecular weight excluding hydrogens is 334 g/mol. The van der Waals surface area contributed by atoms with E-state index in [0.717, 1.165) is 6.42 Å². The second-order valence-electron chi connectivity index (χ2n) is 4.65. The number of carbonyl (C=O) groups excluding carboxylic acids is 2. The molecule has 2 amide bonds. The van der Waals surface area contributed by atoms with Gasteiger partial charge < -0.3 is 10.1 Å². The normalized spacial score (nSPS) is 10.5. The predicted octanol–water partition coefficient (Wildman–Crippen LogP) is 2.54. The minimum absolute atomic E-state index is 0.0806. The summed E-state index contributed by atoms with van der Waals surface area (Å²) < 4.78 is 5.20. The van der Waals surface area contributed by atoms with Crippen molar-refractivity contribution in [3.63, 3.8) is 0 Å². The summed E-state index contributed by atoms with van der Waals surface area (Å²) in [5, 5.41) is 9.69. The number of thiophene rings is 1. The molecule has 0 bridgehead atoms. The van der Waals surface area contributed by atoms with Crippen molar-refractivity contribution < 1.29 is 14.3 Å². The fourth-order valence-corrected chi connectivity index (χ4v) is 3.11. The van der Waals surface area contributed by atoms with Gasteiger partial charge in [0, 0.05) is 25.1 Å². The number of nitrogens with zero attached hydrogens (tertiary/aromatic N) is 1. The quantitative estimate of drug-likeness (QED) is 0.679. The molecule has 6 nitrogen and oxygen atoms in total. The Morgan fingerprint density at radius 3 is 2.96 bits per heavy atom. The number of amides is 2. The lowest BCUT2D eigenvalue weighted by atomic mass is 10.3. The number of aromatic nitrogens is 1. The van der Waals surface area contributed by atoms with E-state index >= 15 is 0 Å². The smallest absolute Gasteiger partial charge is 0.267 e. The summed E-state index contributed by atoms with van der Waals surface area (Å²) in [6, 6.07) is 3.58. The number of hydrogen-bond acceptors (Lipinski definition) is 6. The molecule has 2 aromatic heterocycles. The lowest BCUT2D eigenvalue weighted by Gasteiger charge is -2.04. The Balaban J connectivity index is 1.74.